The van der Waals surface area contributed by atoms with Crippen LogP contribution in [0.2, 0.25) is 0 Å². The van der Waals surface area contributed by atoms with Gasteiger partial charge in [-0.3, -0.25) is 0 Å². The average Bonchev–Trinajstić information content (AvgIpc) is 3.04. The summed E-state index contributed by atoms with van der Waals surface area (Å²) in [4.78, 5) is 1.45. The molecular formula is C19H15NS. The van der Waals surface area contributed by atoms with E-state index in [0.717, 1.165) is 0 Å². The van der Waals surface area contributed by atoms with Crippen LogP contribution in [-0.2, 0) is 7.05 Å². The number of hydrogen-bond donors (Lipinski definition) is 0. The topological polar surface area (TPSA) is 4.93 Å². The van der Waals surface area contributed by atoms with E-state index < -0.39 is 0 Å². The fourth-order valence-electron chi connectivity index (χ4n) is 3.80. The average molecular weight is 289 g/mol. The van der Waals surface area contributed by atoms with Crippen molar-refractivity contribution < 1.29 is 0 Å². The van der Waals surface area contributed by atoms with Gasteiger partial charge in [0, 0.05) is 44.9 Å². The van der Waals surface area contributed by atoms with E-state index in [4.69, 9.17) is 0 Å². The molecule has 102 valence electrons. The SMILES string of the molecule is Cn1c2ccccc2c2c3c(ccc21)SC1C=CC=CC31. The molecule has 21 heavy (non-hydrogen) atoms. The third kappa shape index (κ3) is 1.43. The lowest BCUT2D eigenvalue weighted by molar-refractivity contribution is 0.890. The number of aryl methyl sites for hydroxylation is 1. The maximum atomic E-state index is 2.37. The summed E-state index contributed by atoms with van der Waals surface area (Å²) in [6.45, 7) is 0. The van der Waals surface area contributed by atoms with E-state index in [9.17, 15) is 0 Å². The van der Waals surface area contributed by atoms with Crippen LogP contribution < -0.4 is 0 Å². The van der Waals surface area contributed by atoms with Crippen LogP contribution in [0, 0.1) is 0 Å². The molecule has 5 rings (SSSR count). The third-order valence-corrected chi connectivity index (χ3v) is 6.09. The number of aromatic nitrogens is 1. The van der Waals surface area contributed by atoms with Gasteiger partial charge in [0.15, 0.2) is 0 Å². The van der Waals surface area contributed by atoms with E-state index in [-0.39, 0.29) is 0 Å². The highest BCUT2D eigenvalue weighted by Crippen LogP contribution is 2.52. The molecule has 0 spiro atoms. The van der Waals surface area contributed by atoms with Crippen molar-refractivity contribution in [1.29, 1.82) is 0 Å². The molecule has 1 aromatic heterocycles. The first-order valence-corrected chi connectivity index (χ1v) is 8.24. The highest BCUT2D eigenvalue weighted by atomic mass is 32.2. The van der Waals surface area contributed by atoms with Gasteiger partial charge in [-0.1, -0.05) is 42.5 Å². The molecule has 0 saturated heterocycles. The first-order chi connectivity index (χ1) is 10.3. The molecule has 2 heterocycles. The molecule has 0 bridgehead atoms. The van der Waals surface area contributed by atoms with Gasteiger partial charge in [0.05, 0.1) is 0 Å². The molecule has 3 aromatic rings. The second kappa shape index (κ2) is 4.05. The Balaban J connectivity index is 1.96. The van der Waals surface area contributed by atoms with Crippen LogP contribution in [0.1, 0.15) is 11.5 Å². The second-order valence-corrected chi connectivity index (χ2v) is 7.05. The van der Waals surface area contributed by atoms with Crippen LogP contribution in [-0.4, -0.2) is 9.82 Å². The van der Waals surface area contributed by atoms with E-state index in [1.807, 2.05) is 11.8 Å². The van der Waals surface area contributed by atoms with Crippen molar-refractivity contribution in [3.05, 3.63) is 66.3 Å². The predicted molar refractivity (Wildman–Crippen MR) is 91.1 cm³/mol. The first kappa shape index (κ1) is 11.7. The van der Waals surface area contributed by atoms with Crippen LogP contribution in [0.3, 0.4) is 0 Å². The fourth-order valence-corrected chi connectivity index (χ4v) is 5.15. The van der Waals surface area contributed by atoms with Crippen LogP contribution in [0.5, 0.6) is 0 Å². The predicted octanol–water partition coefficient (Wildman–Crippen LogP) is 5.02. The van der Waals surface area contributed by atoms with E-state index in [2.05, 4.69) is 72.3 Å². The second-order valence-electron chi connectivity index (χ2n) is 5.83. The number of hydrogen-bond acceptors (Lipinski definition) is 1. The highest BCUT2D eigenvalue weighted by Gasteiger charge is 2.33. The molecule has 2 unspecified atom stereocenters. The van der Waals surface area contributed by atoms with Crippen molar-refractivity contribution in [2.45, 2.75) is 16.1 Å². The lowest BCUT2D eigenvalue weighted by atomic mass is 9.89. The molecule has 0 saturated carbocycles. The maximum Gasteiger partial charge on any atom is 0.0492 e. The van der Waals surface area contributed by atoms with Gasteiger partial charge < -0.3 is 4.57 Å². The zero-order valence-electron chi connectivity index (χ0n) is 11.8. The van der Waals surface area contributed by atoms with Gasteiger partial charge in [-0.15, -0.1) is 11.8 Å². The molecule has 0 radical (unpaired) electrons. The van der Waals surface area contributed by atoms with E-state index in [1.165, 1.54) is 32.3 Å². The smallest absolute Gasteiger partial charge is 0.0492 e. The molecule has 1 aliphatic carbocycles. The quantitative estimate of drug-likeness (QED) is 0.563. The van der Waals surface area contributed by atoms with E-state index in [0.29, 0.717) is 11.2 Å². The highest BCUT2D eigenvalue weighted by molar-refractivity contribution is 8.00. The summed E-state index contributed by atoms with van der Waals surface area (Å²) >= 11 is 2.01. The Morgan fingerprint density at radius 1 is 0.952 bits per heavy atom. The van der Waals surface area contributed by atoms with E-state index in [1.54, 1.807) is 0 Å². The summed E-state index contributed by atoms with van der Waals surface area (Å²) in [5.41, 5.74) is 4.20. The summed E-state index contributed by atoms with van der Waals surface area (Å²) < 4.78 is 2.32. The zero-order chi connectivity index (χ0) is 14.0. The normalized spacial score (nSPS) is 22.9. The van der Waals surface area contributed by atoms with Crippen LogP contribution in [0.15, 0.2) is 65.6 Å². The van der Waals surface area contributed by atoms with Gasteiger partial charge in [0.1, 0.15) is 0 Å². The minimum atomic E-state index is 0.518. The van der Waals surface area contributed by atoms with Gasteiger partial charge in [-0.05, 0) is 23.8 Å². The Bertz CT molecular complexity index is 945. The number of rotatable bonds is 0. The Hall–Kier alpha value is -1.93. The number of para-hydroxylation sites is 1. The largest absolute Gasteiger partial charge is 0.344 e. The molecule has 0 amide bonds. The first-order valence-electron chi connectivity index (χ1n) is 7.36. The lowest BCUT2D eigenvalue weighted by Gasteiger charge is -2.15. The van der Waals surface area contributed by atoms with E-state index >= 15 is 0 Å². The van der Waals surface area contributed by atoms with Crippen molar-refractivity contribution in [3.8, 4) is 0 Å². The summed E-state index contributed by atoms with van der Waals surface area (Å²) in [6.07, 6.45) is 9.08. The van der Waals surface area contributed by atoms with Gasteiger partial charge in [-0.25, -0.2) is 0 Å². The van der Waals surface area contributed by atoms with Crippen LogP contribution in [0.4, 0.5) is 0 Å². The Morgan fingerprint density at radius 3 is 2.76 bits per heavy atom. The fraction of sp³-hybridized carbons (Fsp3) is 0.158. The molecule has 2 aromatic carbocycles. The molecule has 2 heteroatoms. The third-order valence-electron chi connectivity index (χ3n) is 4.76. The molecule has 0 fully saturated rings. The molecule has 0 N–H and O–H groups in total. The molecule has 2 aliphatic rings. The number of nitrogens with zero attached hydrogens (tertiary/aromatic N) is 1. The van der Waals surface area contributed by atoms with Gasteiger partial charge >= 0.3 is 0 Å². The standard InChI is InChI=1S/C19H15NS/c1-20-14-8-4-2-6-12(14)18-15(20)10-11-17-19(18)13-7-3-5-9-16(13)21-17/h2-11,13,16H,1H3. The van der Waals surface area contributed by atoms with Gasteiger partial charge in [0.2, 0.25) is 0 Å². The van der Waals surface area contributed by atoms with Gasteiger partial charge in [0.25, 0.3) is 0 Å². The Morgan fingerprint density at radius 2 is 1.81 bits per heavy atom. The van der Waals surface area contributed by atoms with Crippen LogP contribution >= 0.6 is 11.8 Å². The summed E-state index contributed by atoms with van der Waals surface area (Å²) in [5, 5.41) is 3.40. The summed E-state index contributed by atoms with van der Waals surface area (Å²) in [6, 6.07) is 13.4. The summed E-state index contributed by atoms with van der Waals surface area (Å²) in [5.74, 6) is 0.518. The molecule has 1 aliphatic heterocycles. The summed E-state index contributed by atoms with van der Waals surface area (Å²) in [7, 11) is 2.17. The van der Waals surface area contributed by atoms with Gasteiger partial charge in [-0.2, -0.15) is 0 Å². The zero-order valence-corrected chi connectivity index (χ0v) is 12.6. The van der Waals surface area contributed by atoms with Crippen molar-refractivity contribution in [1.82, 2.24) is 4.57 Å². The molecule has 2 atom stereocenters. The van der Waals surface area contributed by atoms with Crippen molar-refractivity contribution in [2.24, 2.45) is 7.05 Å². The minimum absolute atomic E-state index is 0.518. The Kier molecular flexibility index (Phi) is 2.25. The molecule has 1 nitrogen and oxygen atoms in total. The Labute approximate surface area is 128 Å². The van der Waals surface area contributed by atoms with Crippen molar-refractivity contribution in [3.63, 3.8) is 0 Å². The minimum Gasteiger partial charge on any atom is -0.344 e. The van der Waals surface area contributed by atoms with Crippen molar-refractivity contribution in [2.75, 3.05) is 0 Å². The maximum absolute atomic E-state index is 2.37. The number of thioether (sulfide) groups is 1. The lowest BCUT2D eigenvalue weighted by Crippen LogP contribution is -2.06. The monoisotopic (exact) mass is 289 g/mol. The number of benzene rings is 2. The molecular weight excluding hydrogens is 274 g/mol. The van der Waals surface area contributed by atoms with Crippen molar-refractivity contribution >= 4 is 33.6 Å². The van der Waals surface area contributed by atoms with Crippen LogP contribution in [0.25, 0.3) is 21.8 Å². The number of allylic oxidation sites excluding steroid dienone is 3. The number of fused-ring (bicyclic) bond motifs is 7.